The van der Waals surface area contributed by atoms with Crippen molar-refractivity contribution >= 4 is 43.8 Å². The molecule has 35 heavy (non-hydrogen) atoms. The standard InChI is InChI=1S/C26H32N6O2S/c1-19(27)30-12-3-13-31(15-14-30)24-8-10-25(11-9-24)32(35(2,33)34)18-20-4-5-21-6-7-22(26(28)29)17-23(21)16-20/h4-11,16-17,27H,3,12-15,18H2,1-2H3,(H3,28,29). The van der Waals surface area contributed by atoms with E-state index in [0.29, 0.717) is 17.1 Å². The molecule has 3 aromatic rings. The van der Waals surface area contributed by atoms with E-state index in [4.69, 9.17) is 16.6 Å². The van der Waals surface area contributed by atoms with Gasteiger partial charge in [-0.1, -0.05) is 24.3 Å². The number of amidine groups is 2. The summed E-state index contributed by atoms with van der Waals surface area (Å²) < 4.78 is 26.9. The Hall–Kier alpha value is -3.59. The van der Waals surface area contributed by atoms with Crippen LogP contribution in [0.15, 0.2) is 60.7 Å². The van der Waals surface area contributed by atoms with E-state index in [1.807, 2.05) is 67.6 Å². The van der Waals surface area contributed by atoms with Crippen LogP contribution in [0.25, 0.3) is 10.8 Å². The van der Waals surface area contributed by atoms with Crippen LogP contribution in [0.3, 0.4) is 0 Å². The number of fused-ring (bicyclic) bond motifs is 1. The molecular weight excluding hydrogens is 460 g/mol. The van der Waals surface area contributed by atoms with Gasteiger partial charge in [0.25, 0.3) is 0 Å². The summed E-state index contributed by atoms with van der Waals surface area (Å²) >= 11 is 0. The van der Waals surface area contributed by atoms with Gasteiger partial charge in [0, 0.05) is 37.4 Å². The van der Waals surface area contributed by atoms with Crippen LogP contribution in [0, 0.1) is 10.8 Å². The number of nitrogens with zero attached hydrogens (tertiary/aromatic N) is 3. The van der Waals surface area contributed by atoms with Crippen molar-refractivity contribution in [3.63, 3.8) is 0 Å². The van der Waals surface area contributed by atoms with Crippen LogP contribution in [-0.4, -0.2) is 57.4 Å². The predicted molar refractivity (Wildman–Crippen MR) is 144 cm³/mol. The number of rotatable bonds is 6. The number of nitrogen functional groups attached to an aromatic ring is 1. The molecule has 0 amide bonds. The number of hydrogen-bond donors (Lipinski definition) is 3. The van der Waals surface area contributed by atoms with E-state index >= 15 is 0 Å². The van der Waals surface area contributed by atoms with Crippen molar-refractivity contribution in [2.45, 2.75) is 19.9 Å². The molecule has 9 heteroatoms. The van der Waals surface area contributed by atoms with Gasteiger partial charge in [-0.2, -0.15) is 0 Å². The normalized spacial score (nSPS) is 14.6. The quantitative estimate of drug-likeness (QED) is 0.359. The molecule has 0 unspecified atom stereocenters. The van der Waals surface area contributed by atoms with Crippen molar-refractivity contribution in [3.05, 3.63) is 71.8 Å². The molecule has 1 saturated heterocycles. The molecule has 0 aromatic heterocycles. The second-order valence-corrected chi connectivity index (χ2v) is 10.9. The molecule has 0 aliphatic carbocycles. The van der Waals surface area contributed by atoms with E-state index in [9.17, 15) is 8.42 Å². The van der Waals surface area contributed by atoms with Gasteiger partial charge in [-0.25, -0.2) is 8.42 Å². The first kappa shape index (κ1) is 24.5. The highest BCUT2D eigenvalue weighted by molar-refractivity contribution is 7.92. The average molecular weight is 493 g/mol. The van der Waals surface area contributed by atoms with Crippen molar-refractivity contribution in [3.8, 4) is 0 Å². The van der Waals surface area contributed by atoms with Gasteiger partial charge in [-0.05, 0) is 66.1 Å². The summed E-state index contributed by atoms with van der Waals surface area (Å²) in [5.74, 6) is 0.595. The van der Waals surface area contributed by atoms with Gasteiger partial charge in [0.1, 0.15) is 5.84 Å². The fourth-order valence-electron chi connectivity index (χ4n) is 4.47. The van der Waals surface area contributed by atoms with E-state index in [-0.39, 0.29) is 12.4 Å². The first-order valence-electron chi connectivity index (χ1n) is 11.6. The monoisotopic (exact) mass is 492 g/mol. The van der Waals surface area contributed by atoms with Crippen molar-refractivity contribution in [2.24, 2.45) is 5.73 Å². The van der Waals surface area contributed by atoms with Crippen LogP contribution in [-0.2, 0) is 16.6 Å². The zero-order valence-corrected chi connectivity index (χ0v) is 21.0. The molecule has 0 radical (unpaired) electrons. The third-order valence-corrected chi connectivity index (χ3v) is 7.56. The first-order valence-corrected chi connectivity index (χ1v) is 13.5. The van der Waals surface area contributed by atoms with Crippen LogP contribution in [0.5, 0.6) is 0 Å². The molecule has 0 spiro atoms. The predicted octanol–water partition coefficient (Wildman–Crippen LogP) is 3.60. The largest absolute Gasteiger partial charge is 0.384 e. The highest BCUT2D eigenvalue weighted by atomic mass is 32.2. The van der Waals surface area contributed by atoms with E-state index in [1.54, 1.807) is 0 Å². The molecule has 1 aliphatic rings. The molecule has 4 N–H and O–H groups in total. The Morgan fingerprint density at radius 3 is 2.31 bits per heavy atom. The number of hydrogen-bond acceptors (Lipinski definition) is 5. The molecule has 1 fully saturated rings. The highest BCUT2D eigenvalue weighted by Gasteiger charge is 2.20. The molecule has 184 valence electrons. The molecule has 0 atom stereocenters. The highest BCUT2D eigenvalue weighted by Crippen LogP contribution is 2.26. The lowest BCUT2D eigenvalue weighted by Gasteiger charge is -2.26. The second kappa shape index (κ2) is 9.95. The maximum atomic E-state index is 12.7. The minimum absolute atomic E-state index is 0.000215. The number of sulfonamides is 1. The third kappa shape index (κ3) is 5.74. The summed E-state index contributed by atoms with van der Waals surface area (Å²) in [6.07, 6.45) is 2.19. The van der Waals surface area contributed by atoms with Crippen molar-refractivity contribution in [2.75, 3.05) is 41.6 Å². The lowest BCUT2D eigenvalue weighted by Crippen LogP contribution is -2.33. The zero-order chi connectivity index (χ0) is 25.2. The molecular formula is C26H32N6O2S. The van der Waals surface area contributed by atoms with Crippen LogP contribution >= 0.6 is 0 Å². The fourth-order valence-corrected chi connectivity index (χ4v) is 5.36. The summed E-state index contributed by atoms with van der Waals surface area (Å²) in [5.41, 5.74) is 8.78. The molecule has 0 saturated carbocycles. The van der Waals surface area contributed by atoms with E-state index < -0.39 is 10.0 Å². The molecule has 1 aliphatic heterocycles. The minimum Gasteiger partial charge on any atom is -0.384 e. The Morgan fingerprint density at radius 2 is 1.66 bits per heavy atom. The Labute approximate surface area is 207 Å². The number of anilines is 2. The van der Waals surface area contributed by atoms with Crippen molar-refractivity contribution in [1.29, 1.82) is 10.8 Å². The fraction of sp³-hybridized carbons (Fsp3) is 0.308. The summed E-state index contributed by atoms with van der Waals surface area (Å²) in [4.78, 5) is 4.37. The smallest absolute Gasteiger partial charge is 0.232 e. The van der Waals surface area contributed by atoms with Crippen molar-refractivity contribution in [1.82, 2.24) is 4.90 Å². The van der Waals surface area contributed by atoms with Gasteiger partial charge in [0.05, 0.1) is 24.3 Å². The lowest BCUT2D eigenvalue weighted by atomic mass is 10.0. The van der Waals surface area contributed by atoms with E-state index in [0.717, 1.165) is 54.6 Å². The van der Waals surface area contributed by atoms with Gasteiger partial charge >= 0.3 is 0 Å². The van der Waals surface area contributed by atoms with Crippen LogP contribution in [0.2, 0.25) is 0 Å². The second-order valence-electron chi connectivity index (χ2n) is 9.01. The number of nitrogens with two attached hydrogens (primary N) is 1. The lowest BCUT2D eigenvalue weighted by molar-refractivity contribution is 0.443. The van der Waals surface area contributed by atoms with Crippen LogP contribution < -0.4 is 14.9 Å². The maximum Gasteiger partial charge on any atom is 0.232 e. The summed E-state index contributed by atoms with van der Waals surface area (Å²) in [6, 6.07) is 19.1. The first-order chi connectivity index (χ1) is 16.6. The van der Waals surface area contributed by atoms with Gasteiger partial charge in [0.2, 0.25) is 10.0 Å². The zero-order valence-electron chi connectivity index (χ0n) is 20.2. The topological polar surface area (TPSA) is 118 Å². The Balaban J connectivity index is 1.56. The number of nitrogens with one attached hydrogen (secondary N) is 2. The molecule has 8 nitrogen and oxygen atoms in total. The molecule has 4 rings (SSSR count). The minimum atomic E-state index is -3.52. The molecule has 1 heterocycles. The van der Waals surface area contributed by atoms with E-state index in [1.165, 1.54) is 10.6 Å². The van der Waals surface area contributed by atoms with Gasteiger partial charge in [-0.3, -0.25) is 15.1 Å². The Kier molecular flexibility index (Phi) is 6.98. The molecule has 0 bridgehead atoms. The van der Waals surface area contributed by atoms with Gasteiger partial charge in [-0.15, -0.1) is 0 Å². The summed E-state index contributed by atoms with van der Waals surface area (Å²) in [6.45, 7) is 5.44. The molecule has 3 aromatic carbocycles. The maximum absolute atomic E-state index is 12.7. The Bertz CT molecular complexity index is 1350. The summed E-state index contributed by atoms with van der Waals surface area (Å²) in [7, 11) is -3.52. The SMILES string of the molecule is CC(=N)N1CCCN(c2ccc(N(Cc3ccc4ccc(C(=N)N)cc4c3)S(C)(=O)=O)cc2)CC1. The van der Waals surface area contributed by atoms with Gasteiger partial charge < -0.3 is 15.5 Å². The number of benzene rings is 3. The van der Waals surface area contributed by atoms with E-state index in [2.05, 4.69) is 9.80 Å². The van der Waals surface area contributed by atoms with Crippen LogP contribution in [0.1, 0.15) is 24.5 Å². The van der Waals surface area contributed by atoms with Gasteiger partial charge in [0.15, 0.2) is 0 Å². The van der Waals surface area contributed by atoms with Crippen LogP contribution in [0.4, 0.5) is 11.4 Å². The third-order valence-electron chi connectivity index (χ3n) is 6.42. The average Bonchev–Trinajstić information content (AvgIpc) is 3.08. The van der Waals surface area contributed by atoms with Crippen molar-refractivity contribution < 1.29 is 8.42 Å². The summed E-state index contributed by atoms with van der Waals surface area (Å²) in [5, 5.41) is 17.5. The Morgan fingerprint density at radius 1 is 0.943 bits per heavy atom.